The fraction of sp³-hybridized carbons (Fsp3) is 0.571. The second-order valence-corrected chi connectivity index (χ2v) is 9.64. The molecule has 186 valence electrons. The van der Waals surface area contributed by atoms with Gasteiger partial charge in [0.25, 0.3) is 0 Å². The van der Waals surface area contributed by atoms with E-state index in [9.17, 15) is 4.39 Å². The van der Waals surface area contributed by atoms with E-state index in [-0.39, 0.29) is 23.7 Å². The van der Waals surface area contributed by atoms with E-state index < -0.39 is 17.5 Å². The van der Waals surface area contributed by atoms with Crippen molar-refractivity contribution in [3.63, 3.8) is 0 Å². The van der Waals surface area contributed by atoms with Crippen LogP contribution < -0.4 is 9.47 Å². The van der Waals surface area contributed by atoms with Gasteiger partial charge in [0.15, 0.2) is 23.2 Å². The smallest absolute Gasteiger partial charge is 0.168 e. The predicted octanol–water partition coefficient (Wildman–Crippen LogP) is 7.53. The molecule has 0 aromatic heterocycles. The van der Waals surface area contributed by atoms with Crippen LogP contribution in [0, 0.1) is 23.4 Å². The topological polar surface area (TPSA) is 27.7 Å². The highest BCUT2D eigenvalue weighted by Crippen LogP contribution is 2.41. The largest absolute Gasteiger partial charge is 0.493 e. The first-order valence-electron chi connectivity index (χ1n) is 12.6. The van der Waals surface area contributed by atoms with Crippen molar-refractivity contribution >= 4 is 0 Å². The molecule has 0 spiro atoms. The van der Waals surface area contributed by atoms with Gasteiger partial charge in [-0.2, -0.15) is 0 Å². The van der Waals surface area contributed by atoms with Gasteiger partial charge in [-0.1, -0.05) is 12.1 Å². The zero-order valence-electron chi connectivity index (χ0n) is 20.1. The fourth-order valence-corrected chi connectivity index (χ4v) is 5.52. The number of hydrogen-bond acceptors (Lipinski definition) is 3. The molecular weight excluding hydrogens is 441 g/mol. The molecule has 2 fully saturated rings. The summed E-state index contributed by atoms with van der Waals surface area (Å²) in [6, 6.07) is 8.25. The number of halogens is 3. The Morgan fingerprint density at radius 3 is 1.88 bits per heavy atom. The number of benzene rings is 2. The number of rotatable bonds is 8. The SMILES string of the molecule is CCOc1ccc(OCC2CCC(c3ccc(C4CCC(OC)CC4)c(F)c3F)CC2)cc1F. The second-order valence-electron chi connectivity index (χ2n) is 9.64. The first-order valence-corrected chi connectivity index (χ1v) is 12.6. The number of ether oxygens (including phenoxy) is 3. The molecule has 2 aromatic rings. The Balaban J connectivity index is 1.31. The van der Waals surface area contributed by atoms with Crippen LogP contribution in [-0.2, 0) is 4.74 Å². The summed E-state index contributed by atoms with van der Waals surface area (Å²) in [6.07, 6.45) is 6.99. The molecular formula is C28H35F3O3. The lowest BCUT2D eigenvalue weighted by Crippen LogP contribution is -2.21. The van der Waals surface area contributed by atoms with Gasteiger partial charge in [-0.3, -0.25) is 0 Å². The standard InChI is InChI=1S/C28H35F3O3/c1-3-33-26-15-12-22(16-25(26)29)34-17-18-4-6-19(7-5-18)23-13-14-24(28(31)27(23)30)20-8-10-21(32-2)11-9-20/h12-16,18-21H,3-11,17H2,1-2H3. The van der Waals surface area contributed by atoms with Gasteiger partial charge in [0.05, 0.1) is 19.3 Å². The van der Waals surface area contributed by atoms with E-state index in [0.717, 1.165) is 51.4 Å². The van der Waals surface area contributed by atoms with Crippen molar-refractivity contribution in [2.24, 2.45) is 5.92 Å². The van der Waals surface area contributed by atoms with Crippen molar-refractivity contribution in [2.45, 2.75) is 76.2 Å². The van der Waals surface area contributed by atoms with E-state index in [1.807, 2.05) is 6.92 Å². The van der Waals surface area contributed by atoms with Crippen LogP contribution in [0.3, 0.4) is 0 Å². The van der Waals surface area contributed by atoms with Crippen molar-refractivity contribution in [2.75, 3.05) is 20.3 Å². The predicted molar refractivity (Wildman–Crippen MR) is 126 cm³/mol. The molecule has 2 aromatic carbocycles. The molecule has 0 heterocycles. The normalized spacial score (nSPS) is 25.2. The second kappa shape index (κ2) is 11.5. The molecule has 34 heavy (non-hydrogen) atoms. The molecule has 0 unspecified atom stereocenters. The van der Waals surface area contributed by atoms with Gasteiger partial charge in [-0.05, 0) is 99.3 Å². The monoisotopic (exact) mass is 476 g/mol. The summed E-state index contributed by atoms with van der Waals surface area (Å²) in [6.45, 7) is 2.70. The van der Waals surface area contributed by atoms with Crippen molar-refractivity contribution < 1.29 is 27.4 Å². The molecule has 0 aliphatic heterocycles. The molecule has 4 rings (SSSR count). The Labute approximate surface area is 200 Å². The summed E-state index contributed by atoms with van der Waals surface area (Å²) in [7, 11) is 1.71. The molecule has 2 aliphatic carbocycles. The maximum absolute atomic E-state index is 15.1. The van der Waals surface area contributed by atoms with Gasteiger partial charge in [0.2, 0.25) is 0 Å². The molecule has 6 heteroatoms. The quantitative estimate of drug-likeness (QED) is 0.394. The lowest BCUT2D eigenvalue weighted by atomic mass is 9.77. The highest BCUT2D eigenvalue weighted by atomic mass is 19.2. The van der Waals surface area contributed by atoms with E-state index in [1.54, 1.807) is 31.4 Å². The van der Waals surface area contributed by atoms with Crippen LogP contribution in [0.5, 0.6) is 11.5 Å². The lowest BCUT2D eigenvalue weighted by Gasteiger charge is -2.30. The Kier molecular flexibility index (Phi) is 8.41. The van der Waals surface area contributed by atoms with Crippen LogP contribution in [0.1, 0.15) is 81.3 Å². The highest BCUT2D eigenvalue weighted by molar-refractivity contribution is 5.33. The van der Waals surface area contributed by atoms with E-state index in [0.29, 0.717) is 36.0 Å². The number of methoxy groups -OCH3 is 1. The fourth-order valence-electron chi connectivity index (χ4n) is 5.52. The average molecular weight is 477 g/mol. The molecule has 0 radical (unpaired) electrons. The third kappa shape index (κ3) is 5.70. The first kappa shape index (κ1) is 24.9. The van der Waals surface area contributed by atoms with Crippen LogP contribution in [0.15, 0.2) is 30.3 Å². The Morgan fingerprint density at radius 1 is 0.765 bits per heavy atom. The Morgan fingerprint density at radius 2 is 1.35 bits per heavy atom. The van der Waals surface area contributed by atoms with Crippen LogP contribution in [0.25, 0.3) is 0 Å². The van der Waals surface area contributed by atoms with Crippen LogP contribution in [-0.4, -0.2) is 26.4 Å². The average Bonchev–Trinajstić information content (AvgIpc) is 2.86. The van der Waals surface area contributed by atoms with Crippen molar-refractivity contribution in [1.29, 1.82) is 0 Å². The Hall–Kier alpha value is -2.21. The molecule has 2 aliphatic rings. The van der Waals surface area contributed by atoms with Gasteiger partial charge in [-0.25, -0.2) is 13.2 Å². The van der Waals surface area contributed by atoms with Gasteiger partial charge < -0.3 is 14.2 Å². The minimum absolute atomic E-state index is 0.0203. The summed E-state index contributed by atoms with van der Waals surface area (Å²) in [5.74, 6) is -0.672. The lowest BCUT2D eigenvalue weighted by molar-refractivity contribution is 0.0655. The molecule has 0 amide bonds. The van der Waals surface area contributed by atoms with Gasteiger partial charge >= 0.3 is 0 Å². The molecule has 0 atom stereocenters. The zero-order chi connectivity index (χ0) is 24.1. The first-order chi connectivity index (χ1) is 16.5. The zero-order valence-corrected chi connectivity index (χ0v) is 20.1. The molecule has 0 saturated heterocycles. The minimum atomic E-state index is -0.670. The van der Waals surface area contributed by atoms with E-state index in [2.05, 4.69) is 0 Å². The third-order valence-corrected chi connectivity index (χ3v) is 7.56. The van der Waals surface area contributed by atoms with Crippen LogP contribution in [0.2, 0.25) is 0 Å². The van der Waals surface area contributed by atoms with Crippen molar-refractivity contribution in [3.05, 3.63) is 58.9 Å². The third-order valence-electron chi connectivity index (χ3n) is 7.56. The van der Waals surface area contributed by atoms with Gasteiger partial charge in [-0.15, -0.1) is 0 Å². The summed E-state index contributed by atoms with van der Waals surface area (Å²) in [4.78, 5) is 0. The molecule has 2 saturated carbocycles. The summed E-state index contributed by atoms with van der Waals surface area (Å²) in [5, 5.41) is 0. The maximum atomic E-state index is 15.1. The Bertz CT molecular complexity index is 948. The summed E-state index contributed by atoms with van der Waals surface area (Å²) >= 11 is 0. The van der Waals surface area contributed by atoms with Crippen LogP contribution >= 0.6 is 0 Å². The number of hydrogen-bond donors (Lipinski definition) is 0. The van der Waals surface area contributed by atoms with Gasteiger partial charge in [0, 0.05) is 13.2 Å². The molecule has 0 N–H and O–H groups in total. The van der Waals surface area contributed by atoms with Crippen LogP contribution in [0.4, 0.5) is 13.2 Å². The maximum Gasteiger partial charge on any atom is 0.168 e. The minimum Gasteiger partial charge on any atom is -0.493 e. The highest BCUT2D eigenvalue weighted by Gasteiger charge is 2.30. The van der Waals surface area contributed by atoms with Crippen molar-refractivity contribution in [3.8, 4) is 11.5 Å². The van der Waals surface area contributed by atoms with E-state index in [4.69, 9.17) is 14.2 Å². The molecule has 3 nitrogen and oxygen atoms in total. The van der Waals surface area contributed by atoms with E-state index in [1.165, 1.54) is 6.07 Å². The molecule has 0 bridgehead atoms. The summed E-state index contributed by atoms with van der Waals surface area (Å²) < 4.78 is 60.5. The van der Waals surface area contributed by atoms with E-state index >= 15 is 8.78 Å². The summed E-state index contributed by atoms with van der Waals surface area (Å²) in [5.41, 5.74) is 1.01. The van der Waals surface area contributed by atoms with Gasteiger partial charge in [0.1, 0.15) is 5.75 Å². The van der Waals surface area contributed by atoms with Crippen molar-refractivity contribution in [1.82, 2.24) is 0 Å².